The SMILES string of the molecule is NCC(Oc1ccc(Cl)cc1)c1ccccc1Br. The third-order valence-electron chi connectivity index (χ3n) is 2.56. The fourth-order valence-electron chi connectivity index (χ4n) is 1.65. The molecule has 94 valence electrons. The van der Waals surface area contributed by atoms with E-state index in [1.54, 1.807) is 12.1 Å². The average molecular weight is 327 g/mol. The summed E-state index contributed by atoms with van der Waals surface area (Å²) in [6.07, 6.45) is -0.179. The van der Waals surface area contributed by atoms with Gasteiger partial charge in [-0.15, -0.1) is 0 Å². The summed E-state index contributed by atoms with van der Waals surface area (Å²) in [7, 11) is 0. The number of benzene rings is 2. The fourth-order valence-corrected chi connectivity index (χ4v) is 2.32. The van der Waals surface area contributed by atoms with E-state index in [0.29, 0.717) is 11.6 Å². The smallest absolute Gasteiger partial charge is 0.137 e. The van der Waals surface area contributed by atoms with Gasteiger partial charge in [-0.05, 0) is 30.3 Å². The maximum atomic E-state index is 5.87. The van der Waals surface area contributed by atoms with E-state index in [1.165, 1.54) is 0 Å². The van der Waals surface area contributed by atoms with Crippen LogP contribution in [0.2, 0.25) is 5.02 Å². The van der Waals surface area contributed by atoms with Crippen molar-refractivity contribution in [3.8, 4) is 5.75 Å². The molecule has 0 spiro atoms. The summed E-state index contributed by atoms with van der Waals surface area (Å²) in [5.41, 5.74) is 6.82. The van der Waals surface area contributed by atoms with Crippen LogP contribution in [0.3, 0.4) is 0 Å². The Labute approximate surface area is 120 Å². The van der Waals surface area contributed by atoms with Crippen molar-refractivity contribution >= 4 is 27.5 Å². The second kappa shape index (κ2) is 6.23. The van der Waals surface area contributed by atoms with Crippen molar-refractivity contribution in [3.05, 3.63) is 63.6 Å². The molecule has 0 aliphatic carbocycles. The minimum atomic E-state index is -0.179. The Morgan fingerprint density at radius 3 is 2.39 bits per heavy atom. The van der Waals surface area contributed by atoms with Gasteiger partial charge in [0.05, 0.1) is 0 Å². The van der Waals surface area contributed by atoms with Gasteiger partial charge in [-0.2, -0.15) is 0 Å². The van der Waals surface area contributed by atoms with Crippen molar-refractivity contribution in [2.45, 2.75) is 6.10 Å². The van der Waals surface area contributed by atoms with E-state index in [-0.39, 0.29) is 6.10 Å². The second-order valence-corrected chi connectivity index (χ2v) is 5.11. The minimum absolute atomic E-state index is 0.179. The zero-order chi connectivity index (χ0) is 13.0. The van der Waals surface area contributed by atoms with Gasteiger partial charge in [0.1, 0.15) is 11.9 Å². The van der Waals surface area contributed by atoms with E-state index >= 15 is 0 Å². The van der Waals surface area contributed by atoms with Crippen LogP contribution in [0.5, 0.6) is 5.75 Å². The van der Waals surface area contributed by atoms with Gasteiger partial charge in [0.15, 0.2) is 0 Å². The van der Waals surface area contributed by atoms with Gasteiger partial charge >= 0.3 is 0 Å². The van der Waals surface area contributed by atoms with Crippen LogP contribution >= 0.6 is 27.5 Å². The zero-order valence-electron chi connectivity index (χ0n) is 9.64. The lowest BCUT2D eigenvalue weighted by Gasteiger charge is -2.19. The van der Waals surface area contributed by atoms with E-state index in [9.17, 15) is 0 Å². The summed E-state index contributed by atoms with van der Waals surface area (Å²) in [5.74, 6) is 0.755. The molecule has 0 aliphatic heterocycles. The number of rotatable bonds is 4. The van der Waals surface area contributed by atoms with Gasteiger partial charge in [-0.3, -0.25) is 0 Å². The predicted octanol–water partition coefficient (Wildman–Crippen LogP) is 4.18. The monoisotopic (exact) mass is 325 g/mol. The first-order valence-electron chi connectivity index (χ1n) is 5.57. The Bertz CT molecular complexity index is 515. The third-order valence-corrected chi connectivity index (χ3v) is 3.53. The molecule has 2 N–H and O–H groups in total. The van der Waals surface area contributed by atoms with Gasteiger partial charge in [0, 0.05) is 21.6 Å². The van der Waals surface area contributed by atoms with Crippen LogP contribution in [0.4, 0.5) is 0 Å². The molecule has 1 unspecified atom stereocenters. The predicted molar refractivity (Wildman–Crippen MR) is 78.0 cm³/mol. The lowest BCUT2D eigenvalue weighted by Crippen LogP contribution is -2.18. The Balaban J connectivity index is 2.20. The highest BCUT2D eigenvalue weighted by Gasteiger charge is 2.14. The quantitative estimate of drug-likeness (QED) is 0.914. The summed E-state index contributed by atoms with van der Waals surface area (Å²) in [5, 5.41) is 0.688. The van der Waals surface area contributed by atoms with Crippen LogP contribution in [0.25, 0.3) is 0 Å². The fraction of sp³-hybridized carbons (Fsp3) is 0.143. The molecule has 0 aliphatic rings. The molecule has 0 amide bonds. The molecule has 2 aromatic carbocycles. The molecule has 0 bridgehead atoms. The first-order valence-corrected chi connectivity index (χ1v) is 6.74. The summed E-state index contributed by atoms with van der Waals surface area (Å²) in [4.78, 5) is 0. The number of hydrogen-bond donors (Lipinski definition) is 1. The summed E-state index contributed by atoms with van der Waals surface area (Å²) in [6.45, 7) is 0.408. The normalized spacial score (nSPS) is 12.2. The Morgan fingerprint density at radius 2 is 1.78 bits per heavy atom. The van der Waals surface area contributed by atoms with Crippen LogP contribution in [0, 0.1) is 0 Å². The van der Waals surface area contributed by atoms with Crippen LogP contribution in [0.15, 0.2) is 53.0 Å². The molecule has 0 fully saturated rings. The number of halogens is 2. The van der Waals surface area contributed by atoms with Crippen molar-refractivity contribution in [2.24, 2.45) is 5.73 Å². The van der Waals surface area contributed by atoms with Crippen LogP contribution in [-0.4, -0.2) is 6.54 Å². The zero-order valence-corrected chi connectivity index (χ0v) is 12.0. The molecule has 2 aromatic rings. The molecule has 2 rings (SSSR count). The first-order chi connectivity index (χ1) is 8.70. The van der Waals surface area contributed by atoms with Crippen LogP contribution in [0.1, 0.15) is 11.7 Å². The Hall–Kier alpha value is -1.03. The molecule has 2 nitrogen and oxygen atoms in total. The second-order valence-electron chi connectivity index (χ2n) is 3.82. The molecule has 4 heteroatoms. The highest BCUT2D eigenvalue weighted by Crippen LogP contribution is 2.27. The molecule has 0 aromatic heterocycles. The Morgan fingerprint density at radius 1 is 1.11 bits per heavy atom. The van der Waals surface area contributed by atoms with Crippen molar-refractivity contribution < 1.29 is 4.74 Å². The average Bonchev–Trinajstić information content (AvgIpc) is 2.39. The highest BCUT2D eigenvalue weighted by atomic mass is 79.9. The summed E-state index contributed by atoms with van der Waals surface area (Å²) in [6, 6.07) is 15.2. The Kier molecular flexibility index (Phi) is 4.64. The van der Waals surface area contributed by atoms with Crippen LogP contribution < -0.4 is 10.5 Å². The molecule has 0 saturated carbocycles. The lowest BCUT2D eigenvalue weighted by atomic mass is 10.1. The maximum absolute atomic E-state index is 5.87. The molecule has 1 atom stereocenters. The summed E-state index contributed by atoms with van der Waals surface area (Å²) >= 11 is 9.34. The molecule has 18 heavy (non-hydrogen) atoms. The van der Waals surface area contributed by atoms with E-state index in [0.717, 1.165) is 15.8 Å². The maximum Gasteiger partial charge on any atom is 0.137 e. The van der Waals surface area contributed by atoms with Gasteiger partial charge in [-0.1, -0.05) is 45.7 Å². The molecule has 0 radical (unpaired) electrons. The standard InChI is InChI=1S/C14H13BrClNO/c15-13-4-2-1-3-12(13)14(9-17)18-11-7-5-10(16)6-8-11/h1-8,14H,9,17H2. The van der Waals surface area contributed by atoms with Crippen molar-refractivity contribution in [3.63, 3.8) is 0 Å². The van der Waals surface area contributed by atoms with Gasteiger partial charge < -0.3 is 10.5 Å². The number of nitrogens with two attached hydrogens (primary N) is 1. The van der Waals surface area contributed by atoms with Gasteiger partial charge in [0.2, 0.25) is 0 Å². The van der Waals surface area contributed by atoms with E-state index in [1.807, 2.05) is 36.4 Å². The number of ether oxygens (including phenoxy) is 1. The van der Waals surface area contributed by atoms with Gasteiger partial charge in [-0.25, -0.2) is 0 Å². The van der Waals surface area contributed by atoms with Crippen LogP contribution in [-0.2, 0) is 0 Å². The molecular formula is C14H13BrClNO. The third kappa shape index (κ3) is 3.25. The molecule has 0 heterocycles. The van der Waals surface area contributed by atoms with Gasteiger partial charge in [0.25, 0.3) is 0 Å². The van der Waals surface area contributed by atoms with Crippen molar-refractivity contribution in [2.75, 3.05) is 6.54 Å². The minimum Gasteiger partial charge on any atom is -0.484 e. The summed E-state index contributed by atoms with van der Waals surface area (Å²) < 4.78 is 6.87. The molecule has 0 saturated heterocycles. The first kappa shape index (κ1) is 13.4. The van der Waals surface area contributed by atoms with E-state index in [2.05, 4.69) is 15.9 Å². The largest absolute Gasteiger partial charge is 0.484 e. The topological polar surface area (TPSA) is 35.2 Å². The number of hydrogen-bond acceptors (Lipinski definition) is 2. The van der Waals surface area contributed by atoms with Crippen molar-refractivity contribution in [1.82, 2.24) is 0 Å². The van der Waals surface area contributed by atoms with E-state index in [4.69, 9.17) is 22.1 Å². The highest BCUT2D eigenvalue weighted by molar-refractivity contribution is 9.10. The molecular weight excluding hydrogens is 314 g/mol. The lowest BCUT2D eigenvalue weighted by molar-refractivity contribution is 0.213. The van der Waals surface area contributed by atoms with Crippen molar-refractivity contribution in [1.29, 1.82) is 0 Å². The van der Waals surface area contributed by atoms with E-state index < -0.39 is 0 Å².